The van der Waals surface area contributed by atoms with E-state index in [1.165, 1.54) is 32.1 Å². The van der Waals surface area contributed by atoms with Crippen molar-refractivity contribution < 1.29 is 9.53 Å². The van der Waals surface area contributed by atoms with E-state index in [0.717, 1.165) is 32.5 Å². The summed E-state index contributed by atoms with van der Waals surface area (Å²) in [6, 6.07) is 0. The van der Waals surface area contributed by atoms with Crippen LogP contribution in [0.4, 0.5) is 0 Å². The van der Waals surface area contributed by atoms with Crippen LogP contribution in [0.25, 0.3) is 0 Å². The van der Waals surface area contributed by atoms with Crippen LogP contribution in [0.1, 0.15) is 58.8 Å². The van der Waals surface area contributed by atoms with Gasteiger partial charge in [-0.25, -0.2) is 0 Å². The number of nitrogens with zero attached hydrogens (tertiary/aromatic N) is 1. The summed E-state index contributed by atoms with van der Waals surface area (Å²) >= 11 is 0. The Morgan fingerprint density at radius 2 is 1.91 bits per heavy atom. The molecule has 0 aliphatic heterocycles. The lowest BCUT2D eigenvalue weighted by Gasteiger charge is -2.32. The molecule has 126 valence electrons. The Kier molecular flexibility index (Phi) is 7.44. The second kappa shape index (κ2) is 9.34. The number of hydrogen-bond donors (Lipinski definition) is 0. The average Bonchev–Trinajstić information content (AvgIpc) is 3.07. The normalized spacial score (nSPS) is 23.9. The standard InChI is InChI=1S/C19H33NO2/c1-3-20(4-2)14-15-22-19(21)18(17-12-8-9-13-17)16-10-6-5-7-11-16/h8,12,16-18H,3-7,9-11,13-15H2,1-2H3. The summed E-state index contributed by atoms with van der Waals surface area (Å²) in [5.74, 6) is 1.14. The summed E-state index contributed by atoms with van der Waals surface area (Å²) in [4.78, 5) is 15.0. The maximum absolute atomic E-state index is 12.7. The van der Waals surface area contributed by atoms with Crippen LogP contribution in [0.2, 0.25) is 0 Å². The molecule has 22 heavy (non-hydrogen) atoms. The Morgan fingerprint density at radius 3 is 2.50 bits per heavy atom. The van der Waals surface area contributed by atoms with Gasteiger partial charge in [-0.2, -0.15) is 0 Å². The highest BCUT2D eigenvalue weighted by Crippen LogP contribution is 2.38. The number of carbonyl (C=O) groups is 1. The number of likely N-dealkylation sites (N-methyl/N-ethyl adjacent to an activating group) is 1. The largest absolute Gasteiger partial charge is 0.464 e. The second-order valence-electron chi connectivity index (χ2n) is 6.79. The summed E-state index contributed by atoms with van der Waals surface area (Å²) in [7, 11) is 0. The number of esters is 1. The topological polar surface area (TPSA) is 29.5 Å². The lowest BCUT2D eigenvalue weighted by atomic mass is 9.74. The van der Waals surface area contributed by atoms with Crippen LogP contribution in [0.5, 0.6) is 0 Å². The van der Waals surface area contributed by atoms with Gasteiger partial charge in [0.15, 0.2) is 0 Å². The monoisotopic (exact) mass is 307 g/mol. The molecule has 0 aromatic carbocycles. The third kappa shape index (κ3) is 4.84. The molecule has 0 aromatic heterocycles. The number of rotatable bonds is 8. The van der Waals surface area contributed by atoms with Crippen molar-refractivity contribution in [3.63, 3.8) is 0 Å². The molecule has 2 unspecified atom stereocenters. The molecule has 2 aliphatic rings. The summed E-state index contributed by atoms with van der Waals surface area (Å²) in [6.07, 6.45) is 13.1. The van der Waals surface area contributed by atoms with E-state index in [1.807, 2.05) is 0 Å². The van der Waals surface area contributed by atoms with Gasteiger partial charge in [0.1, 0.15) is 6.61 Å². The van der Waals surface area contributed by atoms with E-state index in [9.17, 15) is 4.79 Å². The van der Waals surface area contributed by atoms with Crippen molar-refractivity contribution in [2.75, 3.05) is 26.2 Å². The lowest BCUT2D eigenvalue weighted by molar-refractivity contribution is -0.153. The third-order valence-electron chi connectivity index (χ3n) is 5.49. The first kappa shape index (κ1) is 17.5. The molecule has 2 rings (SSSR count). The minimum absolute atomic E-state index is 0.0654. The van der Waals surface area contributed by atoms with Crippen molar-refractivity contribution in [3.05, 3.63) is 12.2 Å². The predicted octanol–water partition coefficient (Wildman–Crippen LogP) is 4.03. The average molecular weight is 307 g/mol. The minimum Gasteiger partial charge on any atom is -0.464 e. The van der Waals surface area contributed by atoms with Crippen molar-refractivity contribution in [1.29, 1.82) is 0 Å². The zero-order valence-electron chi connectivity index (χ0n) is 14.4. The molecule has 3 heteroatoms. The number of allylic oxidation sites excluding steroid dienone is 2. The Bertz CT molecular complexity index is 356. The van der Waals surface area contributed by atoms with E-state index in [0.29, 0.717) is 18.4 Å². The van der Waals surface area contributed by atoms with Crippen LogP contribution in [0, 0.1) is 17.8 Å². The van der Waals surface area contributed by atoms with Gasteiger partial charge in [0.25, 0.3) is 0 Å². The van der Waals surface area contributed by atoms with E-state index in [2.05, 4.69) is 30.9 Å². The van der Waals surface area contributed by atoms with Gasteiger partial charge in [-0.3, -0.25) is 4.79 Å². The van der Waals surface area contributed by atoms with Gasteiger partial charge in [0.05, 0.1) is 5.92 Å². The zero-order valence-corrected chi connectivity index (χ0v) is 14.4. The number of hydrogen-bond acceptors (Lipinski definition) is 3. The highest BCUT2D eigenvalue weighted by Gasteiger charge is 2.36. The zero-order chi connectivity index (χ0) is 15.8. The lowest BCUT2D eigenvalue weighted by Crippen LogP contribution is -2.34. The molecule has 0 saturated heterocycles. The van der Waals surface area contributed by atoms with Crippen LogP contribution >= 0.6 is 0 Å². The van der Waals surface area contributed by atoms with Crippen LogP contribution in [0.15, 0.2) is 12.2 Å². The fraction of sp³-hybridized carbons (Fsp3) is 0.842. The van der Waals surface area contributed by atoms with E-state index in [4.69, 9.17) is 4.74 Å². The predicted molar refractivity (Wildman–Crippen MR) is 90.7 cm³/mol. The number of carbonyl (C=O) groups excluding carboxylic acids is 1. The molecule has 0 spiro atoms. The molecule has 1 saturated carbocycles. The molecule has 2 atom stereocenters. The van der Waals surface area contributed by atoms with E-state index >= 15 is 0 Å². The van der Waals surface area contributed by atoms with E-state index in [1.54, 1.807) is 0 Å². The summed E-state index contributed by atoms with van der Waals surface area (Å²) < 4.78 is 5.69. The molecule has 0 heterocycles. The van der Waals surface area contributed by atoms with Crippen molar-refractivity contribution in [2.24, 2.45) is 17.8 Å². The molecule has 0 N–H and O–H groups in total. The molecule has 2 aliphatic carbocycles. The van der Waals surface area contributed by atoms with Crippen molar-refractivity contribution in [2.45, 2.75) is 58.8 Å². The fourth-order valence-electron chi connectivity index (χ4n) is 4.08. The van der Waals surface area contributed by atoms with Crippen LogP contribution < -0.4 is 0 Å². The van der Waals surface area contributed by atoms with Gasteiger partial charge >= 0.3 is 5.97 Å². The number of ether oxygens (including phenoxy) is 1. The highest BCUT2D eigenvalue weighted by molar-refractivity contribution is 5.73. The van der Waals surface area contributed by atoms with Gasteiger partial charge in [-0.1, -0.05) is 45.3 Å². The highest BCUT2D eigenvalue weighted by atomic mass is 16.5. The van der Waals surface area contributed by atoms with Gasteiger partial charge in [-0.15, -0.1) is 0 Å². The molecular formula is C19H33NO2. The maximum Gasteiger partial charge on any atom is 0.309 e. The Balaban J connectivity index is 1.89. The Morgan fingerprint density at radius 1 is 1.18 bits per heavy atom. The van der Waals surface area contributed by atoms with E-state index < -0.39 is 0 Å². The Hall–Kier alpha value is -0.830. The Labute approximate surface area is 136 Å². The van der Waals surface area contributed by atoms with Gasteiger partial charge in [0, 0.05) is 6.54 Å². The van der Waals surface area contributed by atoms with Gasteiger partial charge in [0.2, 0.25) is 0 Å². The molecule has 3 nitrogen and oxygen atoms in total. The van der Waals surface area contributed by atoms with Crippen molar-refractivity contribution in [3.8, 4) is 0 Å². The molecule has 0 amide bonds. The molecule has 1 fully saturated rings. The van der Waals surface area contributed by atoms with Crippen molar-refractivity contribution >= 4 is 5.97 Å². The van der Waals surface area contributed by atoms with Crippen LogP contribution in [0.3, 0.4) is 0 Å². The van der Waals surface area contributed by atoms with E-state index in [-0.39, 0.29) is 11.9 Å². The van der Waals surface area contributed by atoms with Crippen LogP contribution in [-0.2, 0) is 9.53 Å². The van der Waals surface area contributed by atoms with Crippen LogP contribution in [-0.4, -0.2) is 37.1 Å². The summed E-state index contributed by atoms with van der Waals surface area (Å²) in [6.45, 7) is 7.74. The maximum atomic E-state index is 12.7. The fourth-order valence-corrected chi connectivity index (χ4v) is 4.08. The third-order valence-corrected chi connectivity index (χ3v) is 5.49. The molecular weight excluding hydrogens is 274 g/mol. The smallest absolute Gasteiger partial charge is 0.309 e. The van der Waals surface area contributed by atoms with Gasteiger partial charge in [-0.05, 0) is 50.6 Å². The molecule has 0 radical (unpaired) electrons. The molecule has 0 bridgehead atoms. The molecule has 0 aromatic rings. The first-order valence-electron chi connectivity index (χ1n) is 9.31. The second-order valence-corrected chi connectivity index (χ2v) is 6.79. The van der Waals surface area contributed by atoms with Gasteiger partial charge < -0.3 is 9.64 Å². The summed E-state index contributed by atoms with van der Waals surface area (Å²) in [5, 5.41) is 0. The first-order chi connectivity index (χ1) is 10.8. The first-order valence-corrected chi connectivity index (χ1v) is 9.31. The SMILES string of the molecule is CCN(CC)CCOC(=O)C(C1C=CCC1)C1CCCCC1. The minimum atomic E-state index is 0.0654. The van der Waals surface area contributed by atoms with Crippen molar-refractivity contribution in [1.82, 2.24) is 4.90 Å². The quantitative estimate of drug-likeness (QED) is 0.501. The summed E-state index contributed by atoms with van der Waals surface area (Å²) in [5.41, 5.74) is 0.